The molecule has 1 fully saturated rings. The van der Waals surface area contributed by atoms with Crippen molar-refractivity contribution in [1.82, 2.24) is 14.7 Å². The van der Waals surface area contributed by atoms with Crippen LogP contribution in [0.2, 0.25) is 0 Å². The summed E-state index contributed by atoms with van der Waals surface area (Å²) < 4.78 is 28.6. The molecule has 3 aromatic rings. The number of aliphatic hydroxyl groups is 1. The molecule has 1 aromatic heterocycles. The molecule has 2 heterocycles. The number of para-hydroxylation sites is 2. The van der Waals surface area contributed by atoms with Gasteiger partial charge in [-0.2, -0.15) is 5.10 Å². The van der Waals surface area contributed by atoms with Crippen LogP contribution in [0.1, 0.15) is 57.2 Å². The summed E-state index contributed by atoms with van der Waals surface area (Å²) in [5.41, 5.74) is 2.65. The van der Waals surface area contributed by atoms with Gasteiger partial charge in [-0.15, -0.1) is 0 Å². The highest BCUT2D eigenvalue weighted by Crippen LogP contribution is 2.33. The summed E-state index contributed by atoms with van der Waals surface area (Å²) in [6.07, 6.45) is 5.31. The number of rotatable bonds is 13. The summed E-state index contributed by atoms with van der Waals surface area (Å²) in [5, 5.41) is 15.7. The first-order valence-corrected chi connectivity index (χ1v) is 13.2. The molecule has 6 nitrogen and oxygen atoms in total. The van der Waals surface area contributed by atoms with E-state index in [1.807, 2.05) is 30.3 Å². The number of nitrogens with zero attached hydrogens (tertiary/aromatic N) is 3. The summed E-state index contributed by atoms with van der Waals surface area (Å²) >= 11 is 0. The molecule has 1 N–H and O–H groups in total. The second kappa shape index (κ2) is 13.0. The number of ether oxygens (including phenoxy) is 2. The number of hydrogen-bond donors (Lipinski definition) is 1. The summed E-state index contributed by atoms with van der Waals surface area (Å²) in [6.45, 7) is 6.78. The molecule has 0 bridgehead atoms. The van der Waals surface area contributed by atoms with Gasteiger partial charge in [0.2, 0.25) is 5.88 Å². The molecule has 1 saturated heterocycles. The van der Waals surface area contributed by atoms with Crippen LogP contribution < -0.4 is 4.74 Å². The maximum absolute atomic E-state index is 14.6. The highest BCUT2D eigenvalue weighted by molar-refractivity contribution is 5.44. The normalized spacial score (nSPS) is 16.5. The zero-order valence-corrected chi connectivity index (χ0v) is 21.4. The van der Waals surface area contributed by atoms with Crippen molar-refractivity contribution in [3.8, 4) is 17.3 Å². The topological polar surface area (TPSA) is 59.8 Å². The molecular formula is C29H38FN3O3. The molecule has 0 spiro atoms. The van der Waals surface area contributed by atoms with Crippen molar-refractivity contribution in [1.29, 1.82) is 0 Å². The van der Waals surface area contributed by atoms with Crippen molar-refractivity contribution in [2.75, 3.05) is 19.7 Å². The van der Waals surface area contributed by atoms with Crippen LogP contribution in [0.5, 0.6) is 11.6 Å². The fourth-order valence-corrected chi connectivity index (χ4v) is 4.73. The maximum atomic E-state index is 14.6. The monoisotopic (exact) mass is 495 g/mol. The van der Waals surface area contributed by atoms with Crippen molar-refractivity contribution in [2.45, 2.75) is 71.1 Å². The fraction of sp³-hybridized carbons (Fsp3) is 0.483. The van der Waals surface area contributed by atoms with E-state index in [-0.39, 0.29) is 11.9 Å². The SMILES string of the molecule is CCCC[C@H](O)CN(Cc1c(CC)nn(-c2ccccc2)c1Oc1ccccc1F)C[C@@H]1CCCO1. The predicted molar refractivity (Wildman–Crippen MR) is 139 cm³/mol. The number of aromatic nitrogens is 2. The van der Waals surface area contributed by atoms with E-state index in [1.165, 1.54) is 6.07 Å². The van der Waals surface area contributed by atoms with Gasteiger partial charge in [0.25, 0.3) is 0 Å². The molecule has 0 aliphatic carbocycles. The molecule has 36 heavy (non-hydrogen) atoms. The van der Waals surface area contributed by atoms with E-state index in [4.69, 9.17) is 14.6 Å². The van der Waals surface area contributed by atoms with Crippen LogP contribution in [-0.2, 0) is 17.7 Å². The average Bonchev–Trinajstić information content (AvgIpc) is 3.52. The van der Waals surface area contributed by atoms with Crippen molar-refractivity contribution in [3.05, 3.63) is 71.7 Å². The summed E-state index contributed by atoms with van der Waals surface area (Å²) in [4.78, 5) is 2.25. The van der Waals surface area contributed by atoms with Gasteiger partial charge >= 0.3 is 0 Å². The smallest absolute Gasteiger partial charge is 0.227 e. The lowest BCUT2D eigenvalue weighted by atomic mass is 10.1. The van der Waals surface area contributed by atoms with E-state index in [0.29, 0.717) is 25.4 Å². The Bertz CT molecular complexity index is 1080. The van der Waals surface area contributed by atoms with E-state index in [9.17, 15) is 9.50 Å². The molecule has 2 atom stereocenters. The number of halogens is 1. The molecule has 0 radical (unpaired) electrons. The molecular weight excluding hydrogens is 457 g/mol. The van der Waals surface area contributed by atoms with Crippen LogP contribution in [0.15, 0.2) is 54.6 Å². The fourth-order valence-electron chi connectivity index (χ4n) is 4.73. The minimum atomic E-state index is -0.423. The van der Waals surface area contributed by atoms with Gasteiger partial charge in [0, 0.05) is 26.2 Å². The number of hydrogen-bond acceptors (Lipinski definition) is 5. The molecule has 194 valence electrons. The van der Waals surface area contributed by atoms with E-state index in [1.54, 1.807) is 22.9 Å². The Kier molecular flexibility index (Phi) is 9.50. The van der Waals surface area contributed by atoms with Gasteiger partial charge in [0.15, 0.2) is 11.6 Å². The van der Waals surface area contributed by atoms with E-state index in [0.717, 1.165) is 62.2 Å². The minimum Gasteiger partial charge on any atom is -0.435 e. The Morgan fingerprint density at radius 2 is 1.94 bits per heavy atom. The molecule has 0 saturated carbocycles. The van der Waals surface area contributed by atoms with Gasteiger partial charge in [-0.3, -0.25) is 4.90 Å². The van der Waals surface area contributed by atoms with Crippen LogP contribution in [0.4, 0.5) is 4.39 Å². The highest BCUT2D eigenvalue weighted by atomic mass is 19.1. The third kappa shape index (κ3) is 6.72. The zero-order chi connectivity index (χ0) is 25.3. The number of aliphatic hydroxyl groups excluding tert-OH is 1. The largest absolute Gasteiger partial charge is 0.435 e. The Balaban J connectivity index is 1.70. The van der Waals surface area contributed by atoms with Crippen LogP contribution >= 0.6 is 0 Å². The molecule has 4 rings (SSSR count). The van der Waals surface area contributed by atoms with Gasteiger partial charge < -0.3 is 14.6 Å². The molecule has 1 aliphatic heterocycles. The first kappa shape index (κ1) is 26.3. The molecule has 2 aromatic carbocycles. The summed E-state index contributed by atoms with van der Waals surface area (Å²) in [7, 11) is 0. The Hall–Kier alpha value is -2.74. The number of benzene rings is 2. The van der Waals surface area contributed by atoms with E-state index >= 15 is 0 Å². The van der Waals surface area contributed by atoms with Gasteiger partial charge in [-0.05, 0) is 49.9 Å². The van der Waals surface area contributed by atoms with Gasteiger partial charge in [-0.25, -0.2) is 9.07 Å². The van der Waals surface area contributed by atoms with Gasteiger partial charge in [-0.1, -0.05) is 57.0 Å². The van der Waals surface area contributed by atoms with Crippen LogP contribution in [0.3, 0.4) is 0 Å². The summed E-state index contributed by atoms with van der Waals surface area (Å²) in [5.74, 6) is 0.240. The average molecular weight is 496 g/mol. The Morgan fingerprint density at radius 1 is 1.17 bits per heavy atom. The first-order valence-electron chi connectivity index (χ1n) is 13.2. The lowest BCUT2D eigenvalue weighted by molar-refractivity contribution is 0.0433. The lowest BCUT2D eigenvalue weighted by Crippen LogP contribution is -2.37. The third-order valence-electron chi connectivity index (χ3n) is 6.63. The molecule has 1 aliphatic rings. The van der Waals surface area contributed by atoms with Gasteiger partial charge in [0.05, 0.1) is 29.2 Å². The van der Waals surface area contributed by atoms with Crippen molar-refractivity contribution in [3.63, 3.8) is 0 Å². The van der Waals surface area contributed by atoms with Crippen molar-refractivity contribution in [2.24, 2.45) is 0 Å². The maximum Gasteiger partial charge on any atom is 0.227 e. The summed E-state index contributed by atoms with van der Waals surface area (Å²) in [6, 6.07) is 16.2. The van der Waals surface area contributed by atoms with Crippen LogP contribution in [0.25, 0.3) is 5.69 Å². The first-order chi connectivity index (χ1) is 17.6. The Morgan fingerprint density at radius 3 is 2.64 bits per heavy atom. The number of aryl methyl sites for hydroxylation is 1. The lowest BCUT2D eigenvalue weighted by Gasteiger charge is -2.28. The predicted octanol–water partition coefficient (Wildman–Crippen LogP) is 5.90. The third-order valence-corrected chi connectivity index (χ3v) is 6.63. The van der Waals surface area contributed by atoms with E-state index < -0.39 is 11.9 Å². The second-order valence-electron chi connectivity index (χ2n) is 9.49. The standard InChI is InChI=1S/C29H38FN3O3/c1-3-5-14-23(34)19-32(20-24-15-11-18-35-24)21-25-27(4-2)31-33(22-12-7-6-8-13-22)29(25)36-28-17-10-9-16-26(28)30/h6-10,12-13,16-17,23-24,34H,3-5,11,14-15,18-21H2,1-2H3/t23-,24-/m0/s1. The second-order valence-corrected chi connectivity index (χ2v) is 9.49. The van der Waals surface area contributed by atoms with E-state index in [2.05, 4.69) is 18.7 Å². The van der Waals surface area contributed by atoms with Crippen LogP contribution in [0, 0.1) is 5.82 Å². The molecule has 7 heteroatoms. The van der Waals surface area contributed by atoms with Crippen LogP contribution in [-0.4, -0.2) is 51.7 Å². The Labute approximate surface area is 213 Å². The van der Waals surface area contributed by atoms with Crippen molar-refractivity contribution >= 4 is 0 Å². The van der Waals surface area contributed by atoms with Gasteiger partial charge in [0.1, 0.15) is 0 Å². The molecule has 0 unspecified atom stereocenters. The molecule has 0 amide bonds. The highest BCUT2D eigenvalue weighted by Gasteiger charge is 2.27. The zero-order valence-electron chi connectivity index (χ0n) is 21.4. The quantitative estimate of drug-likeness (QED) is 0.320. The van der Waals surface area contributed by atoms with Crippen molar-refractivity contribution < 1.29 is 19.0 Å². The minimum absolute atomic E-state index is 0.147. The number of unbranched alkanes of at least 4 members (excludes halogenated alkanes) is 1.